The zero-order valence-electron chi connectivity index (χ0n) is 25.8. The molecule has 2 heterocycles. The third kappa shape index (κ3) is 7.11. The van der Waals surface area contributed by atoms with Crippen molar-refractivity contribution < 1.29 is 19.1 Å². The van der Waals surface area contributed by atoms with Gasteiger partial charge < -0.3 is 14.4 Å². The Kier molecular flexibility index (Phi) is 10.1. The fourth-order valence-corrected chi connectivity index (χ4v) is 6.69. The van der Waals surface area contributed by atoms with Crippen LogP contribution in [0.25, 0.3) is 11.1 Å². The lowest BCUT2D eigenvalue weighted by Gasteiger charge is -2.37. The van der Waals surface area contributed by atoms with E-state index in [-0.39, 0.29) is 11.6 Å². The summed E-state index contributed by atoms with van der Waals surface area (Å²) >= 11 is 0. The number of carbonyl (C=O) groups excluding carboxylic acids is 2. The van der Waals surface area contributed by atoms with Gasteiger partial charge in [0.25, 0.3) is 0 Å². The molecule has 0 amide bonds. The van der Waals surface area contributed by atoms with Gasteiger partial charge in [0, 0.05) is 69.5 Å². The highest BCUT2D eigenvalue weighted by Gasteiger charge is 2.26. The molecule has 1 aliphatic carbocycles. The second-order valence-electron chi connectivity index (χ2n) is 12.1. The lowest BCUT2D eigenvalue weighted by atomic mass is 9.87. The van der Waals surface area contributed by atoms with E-state index in [0.717, 1.165) is 110 Å². The molecule has 0 bridgehead atoms. The minimum Gasteiger partial charge on any atom is -0.381 e. The number of carbonyl (C=O) groups is 2. The van der Waals surface area contributed by atoms with E-state index in [4.69, 9.17) is 9.47 Å². The Morgan fingerprint density at radius 3 is 2.31 bits per heavy atom. The molecule has 0 spiro atoms. The molecule has 2 aliphatic heterocycles. The first-order valence-corrected chi connectivity index (χ1v) is 15.7. The second kappa shape index (κ2) is 13.9. The smallest absolute Gasteiger partial charge is 0.163 e. The maximum absolute atomic E-state index is 13.9. The predicted molar refractivity (Wildman–Crippen MR) is 169 cm³/mol. The van der Waals surface area contributed by atoms with Crippen LogP contribution in [-0.4, -0.2) is 68.6 Å². The summed E-state index contributed by atoms with van der Waals surface area (Å²) in [5.41, 5.74) is 9.26. The topological polar surface area (TPSA) is 59.1 Å². The molecular formula is C36H46N2O4. The molecule has 0 atom stereocenters. The summed E-state index contributed by atoms with van der Waals surface area (Å²) < 4.78 is 11.2. The number of hydrogen-bond acceptors (Lipinski definition) is 6. The first-order valence-electron chi connectivity index (χ1n) is 15.7. The molecule has 0 unspecified atom stereocenters. The van der Waals surface area contributed by atoms with Crippen LogP contribution in [0.4, 0.5) is 5.69 Å². The number of anilines is 1. The lowest BCUT2D eigenvalue weighted by molar-refractivity contribution is -0.115. The van der Waals surface area contributed by atoms with Crippen LogP contribution >= 0.6 is 0 Å². The molecule has 224 valence electrons. The number of rotatable bonds is 10. The first-order chi connectivity index (χ1) is 20.3. The fourth-order valence-electron chi connectivity index (χ4n) is 6.69. The van der Waals surface area contributed by atoms with Gasteiger partial charge in [0.05, 0.1) is 13.2 Å². The van der Waals surface area contributed by atoms with Gasteiger partial charge in [-0.3, -0.25) is 14.5 Å². The number of nitrogens with zero attached hydrogens (tertiary/aromatic N) is 2. The molecule has 0 radical (unpaired) electrons. The zero-order chi connectivity index (χ0) is 29.6. The minimum absolute atomic E-state index is 0.0990. The second-order valence-corrected chi connectivity index (χ2v) is 12.1. The quantitative estimate of drug-likeness (QED) is 0.297. The van der Waals surface area contributed by atoms with Gasteiger partial charge in [0.15, 0.2) is 11.6 Å². The normalized spacial score (nSPS) is 18.8. The van der Waals surface area contributed by atoms with Crippen LogP contribution in [0.2, 0.25) is 0 Å². The van der Waals surface area contributed by atoms with Crippen molar-refractivity contribution >= 4 is 17.3 Å². The van der Waals surface area contributed by atoms with E-state index in [1.54, 1.807) is 0 Å². The molecule has 2 saturated heterocycles. The van der Waals surface area contributed by atoms with Crippen molar-refractivity contribution in [3.63, 3.8) is 0 Å². The summed E-state index contributed by atoms with van der Waals surface area (Å²) in [7, 11) is 0. The summed E-state index contributed by atoms with van der Waals surface area (Å²) in [5.74, 6) is 0.252. The van der Waals surface area contributed by atoms with Gasteiger partial charge in [-0.25, -0.2) is 0 Å². The number of ether oxygens (including phenoxy) is 2. The van der Waals surface area contributed by atoms with Crippen molar-refractivity contribution in [2.75, 3.05) is 51.0 Å². The first kappa shape index (κ1) is 30.4. The Morgan fingerprint density at radius 2 is 1.64 bits per heavy atom. The minimum atomic E-state index is 0.0990. The Bertz CT molecular complexity index is 1350. The Labute approximate surface area is 251 Å². The summed E-state index contributed by atoms with van der Waals surface area (Å²) in [6.07, 6.45) is 5.33. The fraction of sp³-hybridized carbons (Fsp3) is 0.500. The molecule has 6 heteroatoms. The van der Waals surface area contributed by atoms with Gasteiger partial charge in [-0.05, 0) is 92.5 Å². The molecule has 42 heavy (non-hydrogen) atoms. The number of allylic oxidation sites excluding steroid dienone is 4. The van der Waals surface area contributed by atoms with Gasteiger partial charge in [-0.2, -0.15) is 0 Å². The standard InChI is InChI=1S/C36H46N2O4/c1-5-38(31-12-16-41-17-13-31)34-23-30(29-8-6-28(7-9-29)24-37-14-18-42-19-15-37)22-33(27(34)4)35(39)11-10-32-26(3)20-25(2)21-36(32)40/h6-9,20,22-23,31H,5,10-19,21,24H2,1-4H3. The van der Waals surface area contributed by atoms with E-state index in [2.05, 4.69) is 66.1 Å². The Hall–Kier alpha value is -3.06. The predicted octanol–water partition coefficient (Wildman–Crippen LogP) is 6.70. The Balaban J connectivity index is 1.45. The van der Waals surface area contributed by atoms with Crippen molar-refractivity contribution in [1.29, 1.82) is 0 Å². The van der Waals surface area contributed by atoms with E-state index in [0.29, 0.717) is 25.3 Å². The number of Topliss-reactive ketones (excluding diaryl/α,β-unsaturated/α-hetero) is 2. The highest BCUT2D eigenvalue weighted by molar-refractivity contribution is 6.03. The van der Waals surface area contributed by atoms with E-state index >= 15 is 0 Å². The van der Waals surface area contributed by atoms with Crippen molar-refractivity contribution in [1.82, 2.24) is 4.90 Å². The van der Waals surface area contributed by atoms with Gasteiger partial charge in [-0.15, -0.1) is 0 Å². The molecule has 0 aromatic heterocycles. The van der Waals surface area contributed by atoms with Crippen molar-refractivity contribution in [3.8, 4) is 11.1 Å². The number of morpholine rings is 1. The molecule has 2 fully saturated rings. The average Bonchev–Trinajstić information content (AvgIpc) is 2.99. The van der Waals surface area contributed by atoms with Gasteiger partial charge in [-0.1, -0.05) is 35.9 Å². The van der Waals surface area contributed by atoms with Crippen molar-refractivity contribution in [3.05, 3.63) is 75.9 Å². The van der Waals surface area contributed by atoms with Gasteiger partial charge >= 0.3 is 0 Å². The lowest BCUT2D eigenvalue weighted by Crippen LogP contribution is -2.40. The number of benzene rings is 2. The monoisotopic (exact) mass is 570 g/mol. The number of ketones is 2. The van der Waals surface area contributed by atoms with Crippen LogP contribution in [0.5, 0.6) is 0 Å². The average molecular weight is 571 g/mol. The van der Waals surface area contributed by atoms with E-state index in [1.165, 1.54) is 5.56 Å². The van der Waals surface area contributed by atoms with Crippen LogP contribution in [0.1, 0.15) is 74.4 Å². The summed E-state index contributed by atoms with van der Waals surface area (Å²) in [6, 6.07) is 13.5. The third-order valence-electron chi connectivity index (χ3n) is 9.08. The van der Waals surface area contributed by atoms with Gasteiger partial charge in [0.1, 0.15) is 0 Å². The van der Waals surface area contributed by atoms with E-state index in [1.807, 2.05) is 13.8 Å². The van der Waals surface area contributed by atoms with E-state index < -0.39 is 0 Å². The molecule has 0 N–H and O–H groups in total. The maximum atomic E-state index is 13.9. The van der Waals surface area contributed by atoms with Crippen LogP contribution in [0, 0.1) is 6.92 Å². The summed E-state index contributed by atoms with van der Waals surface area (Å²) in [6.45, 7) is 15.1. The van der Waals surface area contributed by atoms with Crippen LogP contribution in [0.3, 0.4) is 0 Å². The zero-order valence-corrected chi connectivity index (χ0v) is 25.8. The maximum Gasteiger partial charge on any atom is 0.163 e. The molecule has 2 aromatic carbocycles. The highest BCUT2D eigenvalue weighted by atomic mass is 16.5. The number of hydrogen-bond donors (Lipinski definition) is 0. The van der Waals surface area contributed by atoms with Gasteiger partial charge in [0.2, 0.25) is 0 Å². The molecule has 5 rings (SSSR count). The summed E-state index contributed by atoms with van der Waals surface area (Å²) in [5, 5.41) is 0. The SMILES string of the molecule is CCN(c1cc(-c2ccc(CN3CCOCC3)cc2)cc(C(=O)CCC2=C(C)C=C(C)CC2=O)c1C)C1CCOCC1. The molecule has 3 aliphatic rings. The molecule has 2 aromatic rings. The molecule has 6 nitrogen and oxygen atoms in total. The summed E-state index contributed by atoms with van der Waals surface area (Å²) in [4.78, 5) is 31.5. The van der Waals surface area contributed by atoms with Crippen molar-refractivity contribution in [2.45, 2.75) is 72.4 Å². The molecule has 0 saturated carbocycles. The largest absolute Gasteiger partial charge is 0.381 e. The molecular weight excluding hydrogens is 524 g/mol. The van der Waals surface area contributed by atoms with Crippen LogP contribution in [-0.2, 0) is 20.8 Å². The highest BCUT2D eigenvalue weighted by Crippen LogP contribution is 2.35. The van der Waals surface area contributed by atoms with E-state index in [9.17, 15) is 9.59 Å². The Morgan fingerprint density at radius 1 is 0.952 bits per heavy atom. The third-order valence-corrected chi connectivity index (χ3v) is 9.08. The van der Waals surface area contributed by atoms with Crippen LogP contribution < -0.4 is 4.90 Å². The van der Waals surface area contributed by atoms with Crippen LogP contribution in [0.15, 0.2) is 59.2 Å². The van der Waals surface area contributed by atoms with Crippen molar-refractivity contribution in [2.24, 2.45) is 0 Å².